The van der Waals surface area contributed by atoms with Crippen LogP contribution in [0.2, 0.25) is 0 Å². The minimum Gasteiger partial charge on any atom is -0.322 e. The molecule has 1 N–H and O–H groups in total. The number of hydrogen-bond donors (Lipinski definition) is 1. The Labute approximate surface area is 132 Å². The second-order valence-corrected chi connectivity index (χ2v) is 5.88. The van der Waals surface area contributed by atoms with E-state index in [0.717, 1.165) is 16.8 Å². The molecule has 0 radical (unpaired) electrons. The summed E-state index contributed by atoms with van der Waals surface area (Å²) >= 11 is 3.28. The Balaban J connectivity index is 2.19. The predicted molar refractivity (Wildman–Crippen MR) is 87.6 cm³/mol. The van der Waals surface area contributed by atoms with Crippen molar-refractivity contribution in [1.82, 2.24) is 0 Å². The molecule has 0 saturated carbocycles. The molecule has 0 spiro atoms. The Morgan fingerprint density at radius 3 is 2.57 bits per heavy atom. The first-order chi connectivity index (χ1) is 10.1. The summed E-state index contributed by atoms with van der Waals surface area (Å²) < 4.78 is 0. The van der Waals surface area contributed by atoms with Gasteiger partial charge in [-0.15, -0.1) is 0 Å². The van der Waals surface area contributed by atoms with Crippen molar-refractivity contribution in [3.05, 3.63) is 65.2 Å². The molecular weight excluding hydrogens is 328 g/mol. The van der Waals surface area contributed by atoms with E-state index >= 15 is 0 Å². The lowest BCUT2D eigenvalue weighted by atomic mass is 10.0. The van der Waals surface area contributed by atoms with Crippen molar-refractivity contribution in [2.45, 2.75) is 18.2 Å². The fourth-order valence-electron chi connectivity index (χ4n) is 1.99. The van der Waals surface area contributed by atoms with Crippen LogP contribution in [-0.4, -0.2) is 10.7 Å². The summed E-state index contributed by atoms with van der Waals surface area (Å²) in [5, 5.41) is 11.8. The van der Waals surface area contributed by atoms with Crippen LogP contribution < -0.4 is 5.32 Å². The molecule has 1 amide bonds. The molecule has 0 unspecified atom stereocenters. The average Bonchev–Trinajstić information content (AvgIpc) is 2.50. The second kappa shape index (κ2) is 7.05. The van der Waals surface area contributed by atoms with Gasteiger partial charge in [-0.05, 0) is 37.1 Å². The SMILES string of the molecule is Cc1ccc(NC(=O)c2ccccc2C[C@@H](Br)C#N)cc1. The van der Waals surface area contributed by atoms with Gasteiger partial charge in [-0.2, -0.15) is 5.26 Å². The lowest BCUT2D eigenvalue weighted by molar-refractivity contribution is 0.102. The molecule has 106 valence electrons. The number of aryl methyl sites for hydroxylation is 1. The predicted octanol–water partition coefficient (Wildman–Crippen LogP) is 4.08. The minimum absolute atomic E-state index is 0.160. The number of carbonyl (C=O) groups is 1. The zero-order valence-electron chi connectivity index (χ0n) is 11.6. The van der Waals surface area contributed by atoms with E-state index in [1.54, 1.807) is 6.07 Å². The van der Waals surface area contributed by atoms with Crippen LogP contribution >= 0.6 is 15.9 Å². The van der Waals surface area contributed by atoms with Gasteiger partial charge in [-0.25, -0.2) is 0 Å². The van der Waals surface area contributed by atoms with Crippen LogP contribution in [0.5, 0.6) is 0 Å². The van der Waals surface area contributed by atoms with Crippen LogP contribution in [0.1, 0.15) is 21.5 Å². The number of carbonyl (C=O) groups excluding carboxylic acids is 1. The van der Waals surface area contributed by atoms with E-state index < -0.39 is 0 Å². The summed E-state index contributed by atoms with van der Waals surface area (Å²) in [7, 11) is 0. The highest BCUT2D eigenvalue weighted by atomic mass is 79.9. The molecule has 0 aromatic heterocycles. The summed E-state index contributed by atoms with van der Waals surface area (Å²) in [4.78, 5) is 12.1. The average molecular weight is 343 g/mol. The third-order valence-electron chi connectivity index (χ3n) is 3.11. The quantitative estimate of drug-likeness (QED) is 0.851. The fourth-order valence-corrected chi connectivity index (χ4v) is 2.34. The van der Waals surface area contributed by atoms with Gasteiger partial charge in [0.15, 0.2) is 0 Å². The molecule has 21 heavy (non-hydrogen) atoms. The minimum atomic E-state index is -0.300. The van der Waals surface area contributed by atoms with E-state index in [4.69, 9.17) is 5.26 Å². The normalized spacial score (nSPS) is 11.5. The third-order valence-corrected chi connectivity index (χ3v) is 3.64. The molecule has 3 nitrogen and oxygen atoms in total. The Bertz CT molecular complexity index is 674. The lowest BCUT2D eigenvalue weighted by Crippen LogP contribution is -2.15. The van der Waals surface area contributed by atoms with E-state index in [1.807, 2.05) is 49.4 Å². The van der Waals surface area contributed by atoms with Crippen LogP contribution in [0.4, 0.5) is 5.69 Å². The molecule has 0 bridgehead atoms. The third kappa shape index (κ3) is 4.17. The number of nitrogens with zero attached hydrogens (tertiary/aromatic N) is 1. The summed E-state index contributed by atoms with van der Waals surface area (Å²) in [6.45, 7) is 2.00. The molecule has 0 saturated heterocycles. The van der Waals surface area contributed by atoms with Crippen LogP contribution in [0.15, 0.2) is 48.5 Å². The maximum Gasteiger partial charge on any atom is 0.255 e. The van der Waals surface area contributed by atoms with Gasteiger partial charge in [0.2, 0.25) is 0 Å². The molecule has 1 atom stereocenters. The molecular formula is C17H15BrN2O. The highest BCUT2D eigenvalue weighted by Crippen LogP contribution is 2.17. The Morgan fingerprint density at radius 1 is 1.24 bits per heavy atom. The smallest absolute Gasteiger partial charge is 0.255 e. The van der Waals surface area contributed by atoms with Gasteiger partial charge in [0.05, 0.1) is 6.07 Å². The van der Waals surface area contributed by atoms with E-state index in [2.05, 4.69) is 27.3 Å². The van der Waals surface area contributed by atoms with Crippen LogP contribution in [0, 0.1) is 18.3 Å². The van der Waals surface area contributed by atoms with Gasteiger partial charge in [0, 0.05) is 11.3 Å². The molecule has 2 rings (SSSR count). The van der Waals surface area contributed by atoms with Crippen LogP contribution in [0.3, 0.4) is 0 Å². The Hall–Kier alpha value is -2.12. The maximum atomic E-state index is 12.4. The summed E-state index contributed by atoms with van der Waals surface area (Å²) in [5.74, 6) is -0.160. The number of nitrogens with one attached hydrogen (secondary N) is 1. The number of halogens is 1. The summed E-state index contributed by atoms with van der Waals surface area (Å²) in [5.41, 5.74) is 3.35. The summed E-state index contributed by atoms with van der Waals surface area (Å²) in [6.07, 6.45) is 0.494. The van der Waals surface area contributed by atoms with Gasteiger partial charge >= 0.3 is 0 Å². The number of anilines is 1. The number of rotatable bonds is 4. The highest BCUT2D eigenvalue weighted by molar-refractivity contribution is 9.09. The fraction of sp³-hybridized carbons (Fsp3) is 0.176. The van der Waals surface area contributed by atoms with Crippen molar-refractivity contribution in [2.75, 3.05) is 5.32 Å². The monoisotopic (exact) mass is 342 g/mol. The van der Waals surface area contributed by atoms with Crippen molar-refractivity contribution >= 4 is 27.5 Å². The first-order valence-electron chi connectivity index (χ1n) is 6.60. The Kier molecular flexibility index (Phi) is 5.13. The molecule has 0 aliphatic heterocycles. The molecule has 0 heterocycles. The lowest BCUT2D eigenvalue weighted by Gasteiger charge is -2.10. The first-order valence-corrected chi connectivity index (χ1v) is 7.51. The summed E-state index contributed by atoms with van der Waals surface area (Å²) in [6, 6.07) is 17.1. The number of amides is 1. The molecule has 0 fully saturated rings. The zero-order valence-corrected chi connectivity index (χ0v) is 13.2. The number of alkyl halides is 1. The second-order valence-electron chi connectivity index (χ2n) is 4.78. The standard InChI is InChI=1S/C17H15BrN2O/c1-12-6-8-15(9-7-12)20-17(21)16-5-3-2-4-13(16)10-14(18)11-19/h2-9,14H,10H2,1H3,(H,20,21)/t14-/m1/s1. The molecule has 4 heteroatoms. The number of benzene rings is 2. The van der Waals surface area contributed by atoms with Crippen molar-refractivity contribution in [2.24, 2.45) is 0 Å². The largest absolute Gasteiger partial charge is 0.322 e. The molecule has 0 aliphatic carbocycles. The van der Waals surface area contributed by atoms with Crippen LogP contribution in [-0.2, 0) is 6.42 Å². The molecule has 2 aromatic carbocycles. The van der Waals surface area contributed by atoms with Gasteiger partial charge < -0.3 is 5.32 Å². The number of hydrogen-bond acceptors (Lipinski definition) is 2. The first kappa shape index (κ1) is 15.3. The van der Waals surface area contributed by atoms with E-state index in [0.29, 0.717) is 12.0 Å². The van der Waals surface area contributed by atoms with Gasteiger partial charge in [-0.1, -0.05) is 51.8 Å². The highest BCUT2D eigenvalue weighted by Gasteiger charge is 2.13. The molecule has 2 aromatic rings. The topological polar surface area (TPSA) is 52.9 Å². The van der Waals surface area contributed by atoms with Gasteiger partial charge in [-0.3, -0.25) is 4.79 Å². The Morgan fingerprint density at radius 2 is 1.90 bits per heavy atom. The number of nitriles is 1. The van der Waals surface area contributed by atoms with Gasteiger partial charge in [0.25, 0.3) is 5.91 Å². The molecule has 0 aliphatic rings. The van der Waals surface area contributed by atoms with E-state index in [-0.39, 0.29) is 10.7 Å². The van der Waals surface area contributed by atoms with Crippen molar-refractivity contribution in [3.63, 3.8) is 0 Å². The van der Waals surface area contributed by atoms with Gasteiger partial charge in [0.1, 0.15) is 4.83 Å². The zero-order chi connectivity index (χ0) is 15.2. The van der Waals surface area contributed by atoms with Crippen LogP contribution in [0.25, 0.3) is 0 Å². The van der Waals surface area contributed by atoms with Crippen molar-refractivity contribution in [1.29, 1.82) is 5.26 Å². The van der Waals surface area contributed by atoms with Crippen molar-refractivity contribution < 1.29 is 4.79 Å². The van der Waals surface area contributed by atoms with E-state index in [1.165, 1.54) is 0 Å². The van der Waals surface area contributed by atoms with Crippen molar-refractivity contribution in [3.8, 4) is 6.07 Å². The maximum absolute atomic E-state index is 12.4. The van der Waals surface area contributed by atoms with E-state index in [9.17, 15) is 4.79 Å².